The van der Waals surface area contributed by atoms with Crippen molar-refractivity contribution < 1.29 is 13.2 Å². The maximum absolute atomic E-state index is 12.5. The zero-order valence-corrected chi connectivity index (χ0v) is 19.5. The molecule has 0 aliphatic carbocycles. The van der Waals surface area contributed by atoms with Gasteiger partial charge in [-0.3, -0.25) is 9.78 Å². The number of carbonyl (C=O) groups excluding carboxylic acids is 1. The van der Waals surface area contributed by atoms with Crippen LogP contribution in [-0.4, -0.2) is 42.7 Å². The number of hydrogen-bond acceptors (Lipinski definition) is 7. The van der Waals surface area contributed by atoms with E-state index in [1.54, 1.807) is 24.5 Å². The minimum atomic E-state index is -3.54. The molecule has 1 amide bonds. The number of thiazole rings is 1. The van der Waals surface area contributed by atoms with E-state index in [0.717, 1.165) is 26.4 Å². The van der Waals surface area contributed by atoms with E-state index in [-0.39, 0.29) is 10.8 Å². The number of nitrogens with one attached hydrogen (secondary N) is 2. The zero-order valence-electron chi connectivity index (χ0n) is 17.9. The molecule has 0 bridgehead atoms. The van der Waals surface area contributed by atoms with Crippen LogP contribution in [0.2, 0.25) is 0 Å². The van der Waals surface area contributed by atoms with Crippen LogP contribution < -0.4 is 10.6 Å². The van der Waals surface area contributed by atoms with Gasteiger partial charge in [-0.05, 0) is 60.7 Å². The summed E-state index contributed by atoms with van der Waals surface area (Å²) < 4.78 is 25.4. The molecule has 4 aromatic rings. The van der Waals surface area contributed by atoms with Crippen LogP contribution in [0.15, 0.2) is 83.3 Å². The Labute approximate surface area is 196 Å². The van der Waals surface area contributed by atoms with Crippen molar-refractivity contribution in [1.29, 1.82) is 0 Å². The van der Waals surface area contributed by atoms with Crippen LogP contribution >= 0.6 is 11.3 Å². The number of rotatable bonds is 7. The predicted molar refractivity (Wildman–Crippen MR) is 130 cm³/mol. The van der Waals surface area contributed by atoms with Crippen molar-refractivity contribution in [2.24, 2.45) is 0 Å². The first-order valence-electron chi connectivity index (χ1n) is 9.90. The van der Waals surface area contributed by atoms with Crippen LogP contribution in [0.1, 0.15) is 10.4 Å². The van der Waals surface area contributed by atoms with Gasteiger partial charge >= 0.3 is 0 Å². The highest BCUT2D eigenvalue weighted by molar-refractivity contribution is 7.89. The van der Waals surface area contributed by atoms with Crippen molar-refractivity contribution in [3.05, 3.63) is 84.0 Å². The second-order valence-electron chi connectivity index (χ2n) is 7.24. The van der Waals surface area contributed by atoms with Gasteiger partial charge in [0.15, 0.2) is 5.13 Å². The van der Waals surface area contributed by atoms with Gasteiger partial charge in [0.2, 0.25) is 10.0 Å². The molecule has 33 heavy (non-hydrogen) atoms. The standard InChI is InChI=1S/C23H21N5O3S2/c1-28(2)33(30,31)20-9-3-17(4-10-20)22(29)25-18-5-7-19(8-6-18)26-23-27-21(15-32-23)16-11-13-24-14-12-16/h3-15H,1-2H3,(H,25,29)(H,26,27). The number of nitrogens with zero attached hydrogens (tertiary/aromatic N) is 3. The molecule has 0 unspecified atom stereocenters. The predicted octanol–water partition coefficient (Wildman–Crippen LogP) is 4.45. The maximum Gasteiger partial charge on any atom is 0.255 e. The molecule has 0 aliphatic heterocycles. The Kier molecular flexibility index (Phi) is 6.50. The second-order valence-corrected chi connectivity index (χ2v) is 10.3. The molecule has 0 saturated carbocycles. The van der Waals surface area contributed by atoms with Gasteiger partial charge in [0, 0.05) is 54.4 Å². The molecule has 10 heteroatoms. The summed E-state index contributed by atoms with van der Waals surface area (Å²) in [7, 11) is -0.613. The van der Waals surface area contributed by atoms with Crippen molar-refractivity contribution >= 4 is 43.8 Å². The quantitative estimate of drug-likeness (QED) is 0.406. The first-order chi connectivity index (χ1) is 15.8. The molecule has 0 fully saturated rings. The molecule has 8 nitrogen and oxygen atoms in total. The van der Waals surface area contributed by atoms with Crippen LogP contribution in [0.3, 0.4) is 0 Å². The Bertz CT molecular complexity index is 1350. The Morgan fingerprint density at radius 1 is 0.909 bits per heavy atom. The first kappa shape index (κ1) is 22.6. The van der Waals surface area contributed by atoms with E-state index in [4.69, 9.17) is 0 Å². The van der Waals surface area contributed by atoms with Crippen LogP contribution in [0.5, 0.6) is 0 Å². The molecule has 2 heterocycles. The summed E-state index contributed by atoms with van der Waals surface area (Å²) in [6.07, 6.45) is 3.46. The molecule has 2 N–H and O–H groups in total. The Balaban J connectivity index is 1.39. The molecule has 0 saturated heterocycles. The highest BCUT2D eigenvalue weighted by Gasteiger charge is 2.17. The third kappa shape index (κ3) is 5.25. The van der Waals surface area contributed by atoms with Crippen LogP contribution in [-0.2, 0) is 10.0 Å². The van der Waals surface area contributed by atoms with Gasteiger partial charge in [-0.1, -0.05) is 0 Å². The second kappa shape index (κ2) is 9.49. The van der Waals surface area contributed by atoms with Crippen molar-refractivity contribution in [2.45, 2.75) is 4.90 Å². The first-order valence-corrected chi connectivity index (χ1v) is 12.2. The fourth-order valence-electron chi connectivity index (χ4n) is 2.94. The van der Waals surface area contributed by atoms with Gasteiger partial charge in [0.1, 0.15) is 0 Å². The van der Waals surface area contributed by atoms with Gasteiger partial charge in [0.05, 0.1) is 10.6 Å². The van der Waals surface area contributed by atoms with E-state index in [1.807, 2.05) is 29.6 Å². The molecule has 0 atom stereocenters. The SMILES string of the molecule is CN(C)S(=O)(=O)c1ccc(C(=O)Nc2ccc(Nc3nc(-c4ccncc4)cs3)cc2)cc1. The Morgan fingerprint density at radius 2 is 1.55 bits per heavy atom. The van der Waals surface area contributed by atoms with Crippen LogP contribution in [0.25, 0.3) is 11.3 Å². The van der Waals surface area contributed by atoms with Gasteiger partial charge < -0.3 is 10.6 Å². The lowest BCUT2D eigenvalue weighted by Crippen LogP contribution is -2.22. The van der Waals surface area contributed by atoms with E-state index < -0.39 is 10.0 Å². The van der Waals surface area contributed by atoms with Crippen LogP contribution in [0, 0.1) is 0 Å². The van der Waals surface area contributed by atoms with E-state index in [9.17, 15) is 13.2 Å². The van der Waals surface area contributed by atoms with Gasteiger partial charge in [0.25, 0.3) is 5.91 Å². The highest BCUT2D eigenvalue weighted by Crippen LogP contribution is 2.27. The summed E-state index contributed by atoms with van der Waals surface area (Å²) in [5.74, 6) is -0.327. The molecule has 168 valence electrons. The van der Waals surface area contributed by atoms with Crippen molar-refractivity contribution in [2.75, 3.05) is 24.7 Å². The normalized spacial score (nSPS) is 11.4. The molecule has 0 aliphatic rings. The molecular formula is C23H21N5O3S2. The number of aromatic nitrogens is 2. The summed E-state index contributed by atoms with van der Waals surface area (Å²) in [5, 5.41) is 8.79. The largest absolute Gasteiger partial charge is 0.332 e. The summed E-state index contributed by atoms with van der Waals surface area (Å²) in [5.41, 5.74) is 3.69. The minimum absolute atomic E-state index is 0.133. The fourth-order valence-corrected chi connectivity index (χ4v) is 4.58. The number of anilines is 3. The average Bonchev–Trinajstić information content (AvgIpc) is 3.29. The van der Waals surface area contributed by atoms with Gasteiger partial charge in [-0.15, -0.1) is 11.3 Å². The number of amides is 1. The number of carbonyl (C=O) groups is 1. The number of sulfonamides is 1. The third-order valence-electron chi connectivity index (χ3n) is 4.77. The molecule has 2 aromatic carbocycles. The van der Waals surface area contributed by atoms with Crippen molar-refractivity contribution in [1.82, 2.24) is 14.3 Å². The van der Waals surface area contributed by atoms with E-state index in [2.05, 4.69) is 20.6 Å². The number of benzene rings is 2. The van der Waals surface area contributed by atoms with Crippen LogP contribution in [0.4, 0.5) is 16.5 Å². The van der Waals surface area contributed by atoms with Gasteiger partial charge in [-0.25, -0.2) is 17.7 Å². The third-order valence-corrected chi connectivity index (χ3v) is 7.36. The lowest BCUT2D eigenvalue weighted by molar-refractivity contribution is 0.102. The summed E-state index contributed by atoms with van der Waals surface area (Å²) in [4.78, 5) is 21.3. The topological polar surface area (TPSA) is 104 Å². The summed E-state index contributed by atoms with van der Waals surface area (Å²) >= 11 is 1.50. The Hall–Kier alpha value is -3.60. The monoisotopic (exact) mass is 479 g/mol. The minimum Gasteiger partial charge on any atom is -0.332 e. The summed E-state index contributed by atoms with van der Waals surface area (Å²) in [6.45, 7) is 0. The molecule has 0 radical (unpaired) electrons. The zero-order chi connectivity index (χ0) is 23.4. The van der Waals surface area contributed by atoms with Crippen molar-refractivity contribution in [3.63, 3.8) is 0 Å². The number of hydrogen-bond donors (Lipinski definition) is 2. The molecule has 0 spiro atoms. The molecule has 2 aromatic heterocycles. The van der Waals surface area contributed by atoms with Gasteiger partial charge in [-0.2, -0.15) is 0 Å². The Morgan fingerprint density at radius 3 is 2.18 bits per heavy atom. The molecule has 4 rings (SSSR count). The van der Waals surface area contributed by atoms with E-state index in [0.29, 0.717) is 11.3 Å². The number of pyridine rings is 1. The average molecular weight is 480 g/mol. The lowest BCUT2D eigenvalue weighted by Gasteiger charge is -2.12. The van der Waals surface area contributed by atoms with Crippen molar-refractivity contribution in [3.8, 4) is 11.3 Å². The summed E-state index contributed by atoms with van der Waals surface area (Å²) in [6, 6.07) is 16.9. The maximum atomic E-state index is 12.5. The lowest BCUT2D eigenvalue weighted by atomic mass is 10.2. The highest BCUT2D eigenvalue weighted by atomic mass is 32.2. The smallest absolute Gasteiger partial charge is 0.255 e. The van der Waals surface area contributed by atoms with E-state index in [1.165, 1.54) is 49.7 Å². The fraction of sp³-hybridized carbons (Fsp3) is 0.0870. The van der Waals surface area contributed by atoms with E-state index >= 15 is 0 Å². The molecular weight excluding hydrogens is 458 g/mol.